The molecule has 1 aliphatic rings. The molecular formula is C25H24FNO3. The zero-order chi connectivity index (χ0) is 20.9. The first-order valence-electron chi connectivity index (χ1n) is 10.1. The number of β-lactam (4-membered cyclic amide) rings is 1. The number of halogens is 1. The zero-order valence-corrected chi connectivity index (χ0v) is 16.6. The van der Waals surface area contributed by atoms with Crippen LogP contribution in [0.2, 0.25) is 0 Å². The van der Waals surface area contributed by atoms with Gasteiger partial charge in [-0.15, -0.1) is 0 Å². The first kappa shape index (κ1) is 20.1. The first-order chi connectivity index (χ1) is 14.7. The standard InChI is InChI=1S/C25H24FNO3/c26-20-10-12-21(13-11-20)27-24(23(25(27)29)7-4-16-28)19-8-14-22(15-9-19)30-17-18-5-2-1-3-6-18/h1-3,5-6,8-15,23-24,28H,4,7,16-17H2. The fourth-order valence-electron chi connectivity index (χ4n) is 3.91. The Morgan fingerprint density at radius 3 is 2.30 bits per heavy atom. The SMILES string of the molecule is O=C1C(CCCO)C(c2ccc(OCc3ccccc3)cc2)N1c1ccc(F)cc1. The maximum Gasteiger partial charge on any atom is 0.233 e. The van der Waals surface area contributed by atoms with E-state index in [1.54, 1.807) is 17.0 Å². The van der Waals surface area contributed by atoms with Crippen LogP contribution in [0.1, 0.15) is 30.0 Å². The van der Waals surface area contributed by atoms with Crippen molar-refractivity contribution >= 4 is 11.6 Å². The summed E-state index contributed by atoms with van der Waals surface area (Å²) in [4.78, 5) is 14.5. The van der Waals surface area contributed by atoms with Crippen LogP contribution in [0.15, 0.2) is 78.9 Å². The van der Waals surface area contributed by atoms with Crippen LogP contribution in [0.4, 0.5) is 10.1 Å². The second kappa shape index (κ2) is 9.09. The monoisotopic (exact) mass is 405 g/mol. The number of rotatable bonds is 8. The number of benzene rings is 3. The third-order valence-electron chi connectivity index (χ3n) is 5.46. The number of amides is 1. The van der Waals surface area contributed by atoms with Crippen molar-refractivity contribution in [1.29, 1.82) is 0 Å². The van der Waals surface area contributed by atoms with Gasteiger partial charge in [0.05, 0.1) is 12.0 Å². The van der Waals surface area contributed by atoms with Gasteiger partial charge in [-0.25, -0.2) is 4.39 Å². The number of aliphatic hydroxyl groups is 1. The van der Waals surface area contributed by atoms with E-state index in [4.69, 9.17) is 4.74 Å². The van der Waals surface area contributed by atoms with E-state index in [9.17, 15) is 14.3 Å². The maximum atomic E-state index is 13.3. The molecule has 0 bridgehead atoms. The van der Waals surface area contributed by atoms with Gasteiger partial charge in [0.15, 0.2) is 0 Å². The summed E-state index contributed by atoms with van der Waals surface area (Å²) in [5.41, 5.74) is 2.77. The molecule has 154 valence electrons. The highest BCUT2D eigenvalue weighted by molar-refractivity contribution is 6.03. The van der Waals surface area contributed by atoms with Gasteiger partial charge in [-0.3, -0.25) is 4.79 Å². The Morgan fingerprint density at radius 1 is 0.933 bits per heavy atom. The molecule has 4 nitrogen and oxygen atoms in total. The molecule has 1 amide bonds. The molecule has 0 aromatic heterocycles. The van der Waals surface area contributed by atoms with Crippen molar-refractivity contribution in [1.82, 2.24) is 0 Å². The van der Waals surface area contributed by atoms with Crippen molar-refractivity contribution in [3.05, 3.63) is 95.8 Å². The minimum Gasteiger partial charge on any atom is -0.489 e. The summed E-state index contributed by atoms with van der Waals surface area (Å²) in [6, 6.07) is 23.6. The molecule has 1 N–H and O–H groups in total. The van der Waals surface area contributed by atoms with Gasteiger partial charge in [0, 0.05) is 12.3 Å². The van der Waals surface area contributed by atoms with Crippen LogP contribution >= 0.6 is 0 Å². The van der Waals surface area contributed by atoms with E-state index >= 15 is 0 Å². The summed E-state index contributed by atoms with van der Waals surface area (Å²) in [6.45, 7) is 0.544. The number of aliphatic hydroxyl groups excluding tert-OH is 1. The van der Waals surface area contributed by atoms with Crippen LogP contribution in [0.5, 0.6) is 5.75 Å². The first-order valence-corrected chi connectivity index (χ1v) is 10.1. The van der Waals surface area contributed by atoms with Gasteiger partial charge in [0.1, 0.15) is 18.2 Å². The predicted molar refractivity (Wildman–Crippen MR) is 114 cm³/mol. The smallest absolute Gasteiger partial charge is 0.233 e. The number of carbonyl (C=O) groups is 1. The van der Waals surface area contributed by atoms with E-state index < -0.39 is 0 Å². The Balaban J connectivity index is 1.52. The van der Waals surface area contributed by atoms with Crippen LogP contribution in [0.3, 0.4) is 0 Å². The lowest BCUT2D eigenvalue weighted by atomic mass is 9.79. The van der Waals surface area contributed by atoms with Crippen LogP contribution < -0.4 is 9.64 Å². The fraction of sp³-hybridized carbons (Fsp3) is 0.240. The van der Waals surface area contributed by atoms with E-state index in [2.05, 4.69) is 0 Å². The highest BCUT2D eigenvalue weighted by Gasteiger charge is 2.48. The molecule has 0 radical (unpaired) electrons. The van der Waals surface area contributed by atoms with Gasteiger partial charge in [-0.05, 0) is 60.4 Å². The summed E-state index contributed by atoms with van der Waals surface area (Å²) in [7, 11) is 0. The van der Waals surface area contributed by atoms with Crippen molar-refractivity contribution in [2.24, 2.45) is 5.92 Å². The van der Waals surface area contributed by atoms with Crippen molar-refractivity contribution < 1.29 is 19.0 Å². The molecule has 1 heterocycles. The van der Waals surface area contributed by atoms with E-state index in [1.807, 2.05) is 54.6 Å². The number of nitrogens with zero attached hydrogens (tertiary/aromatic N) is 1. The third-order valence-corrected chi connectivity index (χ3v) is 5.46. The Morgan fingerprint density at radius 2 is 1.63 bits per heavy atom. The van der Waals surface area contributed by atoms with Crippen molar-refractivity contribution in [3.8, 4) is 5.75 Å². The van der Waals surface area contributed by atoms with Crippen molar-refractivity contribution in [2.75, 3.05) is 11.5 Å². The molecule has 2 unspecified atom stereocenters. The van der Waals surface area contributed by atoms with Crippen molar-refractivity contribution in [3.63, 3.8) is 0 Å². The molecule has 0 spiro atoms. The summed E-state index contributed by atoms with van der Waals surface area (Å²) in [5.74, 6) is 0.233. The molecule has 5 heteroatoms. The van der Waals surface area contributed by atoms with Gasteiger partial charge < -0.3 is 14.7 Å². The van der Waals surface area contributed by atoms with Gasteiger partial charge in [0.2, 0.25) is 5.91 Å². The van der Waals surface area contributed by atoms with Crippen LogP contribution in [0, 0.1) is 11.7 Å². The molecule has 0 saturated carbocycles. The summed E-state index contributed by atoms with van der Waals surface area (Å²) < 4.78 is 19.2. The highest BCUT2D eigenvalue weighted by atomic mass is 19.1. The Labute approximate surface area is 175 Å². The van der Waals surface area contributed by atoms with E-state index in [0.29, 0.717) is 25.1 Å². The molecule has 0 aliphatic carbocycles. The van der Waals surface area contributed by atoms with Gasteiger partial charge in [-0.1, -0.05) is 42.5 Å². The normalized spacial score (nSPS) is 18.2. The number of ether oxygens (including phenoxy) is 1. The molecule has 1 aliphatic heterocycles. The molecule has 1 saturated heterocycles. The van der Waals surface area contributed by atoms with E-state index in [0.717, 1.165) is 16.9 Å². The molecule has 3 aromatic carbocycles. The number of anilines is 1. The second-order valence-corrected chi connectivity index (χ2v) is 7.45. The lowest BCUT2D eigenvalue weighted by Crippen LogP contribution is -2.55. The molecule has 1 fully saturated rings. The lowest BCUT2D eigenvalue weighted by Gasteiger charge is -2.47. The minimum atomic E-state index is -0.333. The number of hydrogen-bond donors (Lipinski definition) is 1. The Hall–Kier alpha value is -3.18. The molecule has 4 rings (SSSR count). The van der Waals surface area contributed by atoms with E-state index in [1.165, 1.54) is 12.1 Å². The number of hydrogen-bond acceptors (Lipinski definition) is 3. The maximum absolute atomic E-state index is 13.3. The van der Waals surface area contributed by atoms with Gasteiger partial charge >= 0.3 is 0 Å². The highest BCUT2D eigenvalue weighted by Crippen LogP contribution is 2.45. The lowest BCUT2D eigenvalue weighted by molar-refractivity contribution is -0.130. The van der Waals surface area contributed by atoms with Gasteiger partial charge in [-0.2, -0.15) is 0 Å². The Bertz CT molecular complexity index is 974. The minimum absolute atomic E-state index is 0.00413. The quantitative estimate of drug-likeness (QED) is 0.544. The topological polar surface area (TPSA) is 49.8 Å². The molecule has 3 aromatic rings. The summed E-state index contributed by atoms with van der Waals surface area (Å²) in [6.07, 6.45) is 1.19. The zero-order valence-electron chi connectivity index (χ0n) is 16.6. The average molecular weight is 405 g/mol. The summed E-state index contributed by atoms with van der Waals surface area (Å²) >= 11 is 0. The fourth-order valence-corrected chi connectivity index (χ4v) is 3.91. The van der Waals surface area contributed by atoms with Crippen molar-refractivity contribution in [2.45, 2.75) is 25.5 Å². The second-order valence-electron chi connectivity index (χ2n) is 7.45. The number of carbonyl (C=O) groups excluding carboxylic acids is 1. The summed E-state index contributed by atoms with van der Waals surface area (Å²) in [5, 5.41) is 9.20. The van der Waals surface area contributed by atoms with Gasteiger partial charge in [0.25, 0.3) is 0 Å². The largest absolute Gasteiger partial charge is 0.489 e. The molecule has 2 atom stereocenters. The van der Waals surface area contributed by atoms with Crippen LogP contribution in [-0.4, -0.2) is 17.6 Å². The van der Waals surface area contributed by atoms with E-state index in [-0.39, 0.29) is 30.3 Å². The average Bonchev–Trinajstić information content (AvgIpc) is 2.78. The predicted octanol–water partition coefficient (Wildman–Crippen LogP) is 4.88. The Kier molecular flexibility index (Phi) is 6.10. The third kappa shape index (κ3) is 4.21. The van der Waals surface area contributed by atoms with Crippen LogP contribution in [-0.2, 0) is 11.4 Å². The van der Waals surface area contributed by atoms with Crippen LogP contribution in [0.25, 0.3) is 0 Å². The molecular weight excluding hydrogens is 381 g/mol. The molecule has 30 heavy (non-hydrogen) atoms.